The number of likely N-dealkylation sites (N-methyl/N-ethyl adjacent to an activating group) is 1. The molecule has 0 radical (unpaired) electrons. The smallest absolute Gasteiger partial charge is 0.277 e. The van der Waals surface area contributed by atoms with Gasteiger partial charge in [-0.3, -0.25) is 19.3 Å². The van der Waals surface area contributed by atoms with E-state index in [4.69, 9.17) is 4.74 Å². The first kappa shape index (κ1) is 20.5. The van der Waals surface area contributed by atoms with Crippen molar-refractivity contribution in [3.05, 3.63) is 62.5 Å². The van der Waals surface area contributed by atoms with Crippen molar-refractivity contribution in [1.82, 2.24) is 19.8 Å². The fourth-order valence-corrected chi connectivity index (χ4v) is 4.72. The number of ether oxygens (including phenoxy) is 1. The van der Waals surface area contributed by atoms with E-state index in [0.717, 1.165) is 23.5 Å². The number of halogens is 2. The quantitative estimate of drug-likeness (QED) is 0.628. The van der Waals surface area contributed by atoms with Crippen LogP contribution in [-0.2, 0) is 11.2 Å². The second kappa shape index (κ2) is 7.64. The largest absolute Gasteiger partial charge is 0.502 e. The Morgan fingerprint density at radius 3 is 2.88 bits per heavy atom. The number of benzene rings is 1. The van der Waals surface area contributed by atoms with Crippen LogP contribution in [0.15, 0.2) is 29.2 Å². The van der Waals surface area contributed by atoms with Crippen LogP contribution >= 0.6 is 11.3 Å². The Kier molecular flexibility index (Phi) is 4.90. The number of aromatic hydroxyl groups is 1. The van der Waals surface area contributed by atoms with Crippen molar-refractivity contribution in [3.8, 4) is 16.3 Å². The lowest BCUT2D eigenvalue weighted by molar-refractivity contribution is 0.0122. The summed E-state index contributed by atoms with van der Waals surface area (Å²) in [6, 6.07) is 3.27. The van der Waals surface area contributed by atoms with E-state index >= 15 is 0 Å². The van der Waals surface area contributed by atoms with Crippen LogP contribution < -0.4 is 10.4 Å². The van der Waals surface area contributed by atoms with Gasteiger partial charge in [0.05, 0.1) is 25.3 Å². The van der Waals surface area contributed by atoms with Crippen LogP contribution in [0.25, 0.3) is 10.6 Å². The highest BCUT2D eigenvalue weighted by atomic mass is 32.1. The molecule has 1 fully saturated rings. The third-order valence-corrected chi connectivity index (χ3v) is 6.50. The number of amides is 1. The van der Waals surface area contributed by atoms with Gasteiger partial charge in [0.15, 0.2) is 16.5 Å². The number of hydrogen-bond donors (Lipinski definition) is 1. The first-order valence-corrected chi connectivity index (χ1v) is 10.5. The number of fused-ring (bicyclic) bond motifs is 3. The van der Waals surface area contributed by atoms with Crippen molar-refractivity contribution in [2.75, 3.05) is 31.8 Å². The molecule has 1 N–H and O–H groups in total. The maximum absolute atomic E-state index is 14.0. The molecule has 0 saturated carbocycles. The summed E-state index contributed by atoms with van der Waals surface area (Å²) in [5, 5.41) is 21.1. The van der Waals surface area contributed by atoms with Crippen LogP contribution in [0.1, 0.15) is 21.1 Å². The number of nitrogens with zero attached hydrogens (tertiary/aromatic N) is 5. The van der Waals surface area contributed by atoms with E-state index in [-0.39, 0.29) is 41.0 Å². The lowest BCUT2D eigenvalue weighted by Crippen LogP contribution is -2.64. The minimum atomic E-state index is -0.750. The van der Waals surface area contributed by atoms with Gasteiger partial charge in [-0.25, -0.2) is 8.78 Å². The molecule has 1 amide bonds. The van der Waals surface area contributed by atoms with Gasteiger partial charge in [0.25, 0.3) is 5.91 Å². The van der Waals surface area contributed by atoms with Crippen LogP contribution in [0.4, 0.5) is 8.78 Å². The molecule has 0 unspecified atom stereocenters. The number of aromatic nitrogens is 3. The van der Waals surface area contributed by atoms with E-state index < -0.39 is 28.7 Å². The number of morpholine rings is 1. The standard InChI is InChI=1S/C20H17F2N5O4S/c1-25-15-9-31-5-4-26(15)27-8-12(17(28)18(29)16(27)20(25)30)19-24-23-14(32-19)6-10-2-3-11(21)7-13(10)22/h2-3,7-8,15,29H,4-6,9H2,1H3/t15-/m0/s1. The highest BCUT2D eigenvalue weighted by molar-refractivity contribution is 7.14. The number of hydrogen-bond acceptors (Lipinski definition) is 8. The summed E-state index contributed by atoms with van der Waals surface area (Å²) in [7, 11) is 1.58. The molecule has 166 valence electrons. The topological polar surface area (TPSA) is 101 Å². The summed E-state index contributed by atoms with van der Waals surface area (Å²) in [5.41, 5.74) is -0.570. The highest BCUT2D eigenvalue weighted by Gasteiger charge is 2.40. The molecule has 5 rings (SSSR count). The van der Waals surface area contributed by atoms with Crippen LogP contribution in [-0.4, -0.2) is 63.8 Å². The zero-order chi connectivity index (χ0) is 22.6. The predicted octanol–water partition coefficient (Wildman–Crippen LogP) is 1.32. The minimum Gasteiger partial charge on any atom is -0.502 e. The SMILES string of the molecule is CN1C(=O)c2c(O)c(=O)c(-c3nnc(Cc4ccc(F)cc4F)s3)cn2N2CCOC[C@@H]12. The number of rotatable bonds is 3. The fourth-order valence-electron chi connectivity index (χ4n) is 3.85. The second-order valence-corrected chi connectivity index (χ2v) is 8.52. The van der Waals surface area contributed by atoms with Crippen LogP contribution in [0.3, 0.4) is 0 Å². The van der Waals surface area contributed by atoms with Crippen LogP contribution in [0, 0.1) is 11.6 Å². The summed E-state index contributed by atoms with van der Waals surface area (Å²) in [5.74, 6) is -2.55. The molecule has 3 aromatic rings. The van der Waals surface area contributed by atoms with Crippen molar-refractivity contribution < 1.29 is 23.4 Å². The zero-order valence-electron chi connectivity index (χ0n) is 16.8. The van der Waals surface area contributed by atoms with Gasteiger partial charge in [-0.05, 0) is 11.6 Å². The van der Waals surface area contributed by atoms with E-state index in [1.807, 2.05) is 5.01 Å². The molecule has 1 aromatic carbocycles. The molecule has 2 aromatic heterocycles. The minimum absolute atomic E-state index is 0.0663. The van der Waals surface area contributed by atoms with Gasteiger partial charge in [-0.15, -0.1) is 10.2 Å². The Labute approximate surface area is 184 Å². The van der Waals surface area contributed by atoms with Gasteiger partial charge < -0.3 is 14.7 Å². The third kappa shape index (κ3) is 3.22. The molecule has 1 atom stereocenters. The Hall–Kier alpha value is -3.38. The molecule has 4 heterocycles. The van der Waals surface area contributed by atoms with Crippen LogP contribution in [0.2, 0.25) is 0 Å². The molecule has 0 spiro atoms. The van der Waals surface area contributed by atoms with Gasteiger partial charge in [0.2, 0.25) is 5.43 Å². The van der Waals surface area contributed by atoms with Crippen molar-refractivity contribution in [3.63, 3.8) is 0 Å². The van der Waals surface area contributed by atoms with Gasteiger partial charge >= 0.3 is 0 Å². The Balaban J connectivity index is 1.55. The predicted molar refractivity (Wildman–Crippen MR) is 110 cm³/mol. The molecule has 0 bridgehead atoms. The molecule has 0 aliphatic carbocycles. The van der Waals surface area contributed by atoms with E-state index in [2.05, 4.69) is 10.2 Å². The van der Waals surface area contributed by atoms with Crippen molar-refractivity contribution in [1.29, 1.82) is 0 Å². The Morgan fingerprint density at radius 1 is 1.28 bits per heavy atom. The molecule has 12 heteroatoms. The van der Waals surface area contributed by atoms with E-state index in [1.165, 1.54) is 21.8 Å². The normalized spacial score (nSPS) is 18.0. The molecule has 2 aliphatic rings. The van der Waals surface area contributed by atoms with Crippen molar-refractivity contribution in [2.45, 2.75) is 12.6 Å². The maximum atomic E-state index is 14.0. The first-order valence-electron chi connectivity index (χ1n) is 9.72. The maximum Gasteiger partial charge on any atom is 0.277 e. The van der Waals surface area contributed by atoms with Crippen molar-refractivity contribution >= 4 is 17.2 Å². The van der Waals surface area contributed by atoms with Gasteiger partial charge in [0, 0.05) is 25.7 Å². The number of carbonyl (C=O) groups excluding carboxylic acids is 1. The Morgan fingerprint density at radius 2 is 2.09 bits per heavy atom. The molecule has 9 nitrogen and oxygen atoms in total. The average molecular weight is 461 g/mol. The van der Waals surface area contributed by atoms with Crippen molar-refractivity contribution in [2.24, 2.45) is 0 Å². The van der Waals surface area contributed by atoms with E-state index in [9.17, 15) is 23.5 Å². The molecule has 1 saturated heterocycles. The molecule has 32 heavy (non-hydrogen) atoms. The summed E-state index contributed by atoms with van der Waals surface area (Å²) in [6.07, 6.45) is 1.14. The van der Waals surface area contributed by atoms with Gasteiger partial charge in [-0.2, -0.15) is 0 Å². The van der Waals surface area contributed by atoms with Gasteiger partial charge in [0.1, 0.15) is 22.8 Å². The summed E-state index contributed by atoms with van der Waals surface area (Å²) >= 11 is 1.05. The summed E-state index contributed by atoms with van der Waals surface area (Å²) in [6.45, 7) is 1.16. The lowest BCUT2D eigenvalue weighted by atomic mass is 10.1. The van der Waals surface area contributed by atoms with E-state index in [1.54, 1.807) is 7.05 Å². The number of carbonyl (C=O) groups is 1. The summed E-state index contributed by atoms with van der Waals surface area (Å²) in [4.78, 5) is 27.1. The monoisotopic (exact) mass is 461 g/mol. The van der Waals surface area contributed by atoms with Crippen LogP contribution in [0.5, 0.6) is 5.75 Å². The average Bonchev–Trinajstić information content (AvgIpc) is 3.24. The third-order valence-electron chi connectivity index (χ3n) is 5.54. The second-order valence-electron chi connectivity index (χ2n) is 7.46. The number of pyridine rings is 1. The first-order chi connectivity index (χ1) is 15.3. The van der Waals surface area contributed by atoms with Gasteiger partial charge in [-0.1, -0.05) is 17.4 Å². The lowest BCUT2D eigenvalue weighted by Gasteiger charge is -2.47. The molecular weight excluding hydrogens is 444 g/mol. The fraction of sp³-hybridized carbons (Fsp3) is 0.300. The van der Waals surface area contributed by atoms with E-state index in [0.29, 0.717) is 18.2 Å². The summed E-state index contributed by atoms with van der Waals surface area (Å²) < 4.78 is 34.1. The highest BCUT2D eigenvalue weighted by Crippen LogP contribution is 2.30. The zero-order valence-corrected chi connectivity index (χ0v) is 17.6. The molecular formula is C20H17F2N5O4S. The Bertz CT molecular complexity index is 1290. The molecule has 2 aliphatic heterocycles.